The largest absolute Gasteiger partial charge is 0.306 e. The molecule has 0 unspecified atom stereocenters. The van der Waals surface area contributed by atoms with E-state index in [1.165, 1.54) is 0 Å². The van der Waals surface area contributed by atoms with Gasteiger partial charge in [0.25, 0.3) is 5.91 Å². The van der Waals surface area contributed by atoms with Gasteiger partial charge in [-0.1, -0.05) is 57.2 Å². The third-order valence-corrected chi connectivity index (χ3v) is 4.99. The van der Waals surface area contributed by atoms with E-state index < -0.39 is 0 Å². The zero-order valence-electron chi connectivity index (χ0n) is 18.1. The van der Waals surface area contributed by atoms with Crippen molar-refractivity contribution in [1.29, 1.82) is 0 Å². The van der Waals surface area contributed by atoms with Gasteiger partial charge in [0.2, 0.25) is 0 Å². The van der Waals surface area contributed by atoms with E-state index >= 15 is 0 Å². The maximum absolute atomic E-state index is 13.1. The predicted molar refractivity (Wildman–Crippen MR) is 122 cm³/mol. The van der Waals surface area contributed by atoms with Crippen molar-refractivity contribution in [3.8, 4) is 17.1 Å². The van der Waals surface area contributed by atoms with Crippen molar-refractivity contribution in [3.05, 3.63) is 89.9 Å². The highest BCUT2D eigenvalue weighted by Gasteiger charge is 2.22. The first-order valence-corrected chi connectivity index (χ1v) is 10.2. The molecule has 0 aliphatic heterocycles. The molecule has 0 fully saturated rings. The summed E-state index contributed by atoms with van der Waals surface area (Å²) in [5, 5.41) is 7.70. The fourth-order valence-electron chi connectivity index (χ4n) is 3.24. The van der Waals surface area contributed by atoms with E-state index in [2.05, 4.69) is 36.1 Å². The lowest BCUT2D eigenvalue weighted by atomic mass is 9.92. The third kappa shape index (κ3) is 4.38. The smallest absolute Gasteiger partial charge is 0.258 e. The van der Waals surface area contributed by atoms with Gasteiger partial charge in [0.05, 0.1) is 22.6 Å². The summed E-state index contributed by atoms with van der Waals surface area (Å²) >= 11 is 0. The zero-order valence-corrected chi connectivity index (χ0v) is 18.1. The van der Waals surface area contributed by atoms with Gasteiger partial charge in [-0.05, 0) is 31.2 Å². The minimum atomic E-state index is -0.234. The molecule has 0 bridgehead atoms. The SMILES string of the molecule is Cc1nc(-c2ccccc2)ccc1C(=O)Nc1cc(C(C)(C)C)nn1-c1ccccn1. The fourth-order valence-corrected chi connectivity index (χ4v) is 3.24. The summed E-state index contributed by atoms with van der Waals surface area (Å²) < 4.78 is 1.67. The molecule has 0 saturated carbocycles. The summed E-state index contributed by atoms with van der Waals surface area (Å²) in [4.78, 5) is 22.1. The molecule has 1 aromatic carbocycles. The summed E-state index contributed by atoms with van der Waals surface area (Å²) in [6, 6.07) is 21.1. The fraction of sp³-hybridized carbons (Fsp3) is 0.200. The van der Waals surface area contributed by atoms with Crippen LogP contribution >= 0.6 is 0 Å². The molecule has 3 aromatic heterocycles. The minimum absolute atomic E-state index is 0.172. The highest BCUT2D eigenvalue weighted by molar-refractivity contribution is 6.04. The molecule has 6 nitrogen and oxygen atoms in total. The number of nitrogens with zero attached hydrogens (tertiary/aromatic N) is 4. The Kier molecular flexibility index (Phi) is 5.38. The van der Waals surface area contributed by atoms with Crippen LogP contribution in [0.15, 0.2) is 72.9 Å². The molecular weight excluding hydrogens is 386 g/mol. The Hall–Kier alpha value is -3.80. The Morgan fingerprint density at radius 1 is 0.968 bits per heavy atom. The van der Waals surface area contributed by atoms with Gasteiger partial charge in [0.15, 0.2) is 5.82 Å². The van der Waals surface area contributed by atoms with Crippen LogP contribution < -0.4 is 5.32 Å². The van der Waals surface area contributed by atoms with E-state index in [4.69, 9.17) is 5.10 Å². The Morgan fingerprint density at radius 3 is 2.35 bits per heavy atom. The van der Waals surface area contributed by atoms with Crippen LogP contribution in [-0.4, -0.2) is 25.7 Å². The molecule has 0 atom stereocenters. The molecule has 6 heteroatoms. The van der Waals surface area contributed by atoms with Gasteiger partial charge in [-0.3, -0.25) is 9.78 Å². The first kappa shape index (κ1) is 20.5. The number of nitrogens with one attached hydrogen (secondary N) is 1. The second-order valence-electron chi connectivity index (χ2n) is 8.41. The maximum atomic E-state index is 13.1. The van der Waals surface area contributed by atoms with Crippen LogP contribution in [0.25, 0.3) is 17.1 Å². The van der Waals surface area contributed by atoms with Crippen LogP contribution in [0.1, 0.15) is 42.5 Å². The number of aromatic nitrogens is 4. The Balaban J connectivity index is 1.66. The number of rotatable bonds is 4. The van der Waals surface area contributed by atoms with Crippen molar-refractivity contribution in [2.75, 3.05) is 5.32 Å². The lowest BCUT2D eigenvalue weighted by Gasteiger charge is -2.13. The van der Waals surface area contributed by atoms with E-state index in [1.807, 2.05) is 73.7 Å². The molecule has 1 N–H and O–H groups in total. The molecule has 0 aliphatic rings. The molecule has 1 amide bonds. The third-order valence-electron chi connectivity index (χ3n) is 4.99. The number of anilines is 1. The molecule has 0 saturated heterocycles. The van der Waals surface area contributed by atoms with Crippen LogP contribution in [0.2, 0.25) is 0 Å². The van der Waals surface area contributed by atoms with Gasteiger partial charge >= 0.3 is 0 Å². The van der Waals surface area contributed by atoms with E-state index in [9.17, 15) is 4.79 Å². The molecule has 156 valence electrons. The quantitative estimate of drug-likeness (QED) is 0.502. The first-order chi connectivity index (χ1) is 14.8. The summed E-state index contributed by atoms with van der Waals surface area (Å²) in [5.74, 6) is 0.977. The Morgan fingerprint density at radius 2 is 1.71 bits per heavy atom. The topological polar surface area (TPSA) is 72.7 Å². The maximum Gasteiger partial charge on any atom is 0.258 e. The molecule has 0 aliphatic carbocycles. The Bertz CT molecular complexity index is 1210. The lowest BCUT2D eigenvalue weighted by molar-refractivity contribution is 0.102. The highest BCUT2D eigenvalue weighted by atomic mass is 16.1. The van der Waals surface area contributed by atoms with Crippen LogP contribution in [0.5, 0.6) is 0 Å². The second-order valence-corrected chi connectivity index (χ2v) is 8.41. The Labute approximate surface area is 182 Å². The second kappa shape index (κ2) is 8.14. The summed E-state index contributed by atoms with van der Waals surface area (Å²) in [5.41, 5.74) is 3.73. The summed E-state index contributed by atoms with van der Waals surface area (Å²) in [7, 11) is 0. The van der Waals surface area contributed by atoms with Crippen molar-refractivity contribution < 1.29 is 4.79 Å². The van der Waals surface area contributed by atoms with E-state index in [-0.39, 0.29) is 11.3 Å². The standard InChI is InChI=1S/C25H25N5O/c1-17-19(13-14-20(27-17)18-10-6-5-7-11-18)24(31)28-23-16-21(25(2,3)4)29-30(23)22-12-8-9-15-26-22/h5-16H,1-4H3,(H,28,31). The average Bonchev–Trinajstić information content (AvgIpc) is 3.19. The van der Waals surface area contributed by atoms with Crippen LogP contribution in [0, 0.1) is 6.92 Å². The summed E-state index contributed by atoms with van der Waals surface area (Å²) in [6.45, 7) is 8.10. The van der Waals surface area contributed by atoms with Gasteiger partial charge in [-0.2, -0.15) is 9.78 Å². The van der Waals surface area contributed by atoms with Crippen molar-refractivity contribution in [2.45, 2.75) is 33.1 Å². The van der Waals surface area contributed by atoms with E-state index in [0.717, 1.165) is 17.0 Å². The van der Waals surface area contributed by atoms with Crippen molar-refractivity contribution in [2.24, 2.45) is 0 Å². The average molecular weight is 412 g/mol. The van der Waals surface area contributed by atoms with Crippen molar-refractivity contribution in [1.82, 2.24) is 19.7 Å². The number of carbonyl (C=O) groups is 1. The molecule has 31 heavy (non-hydrogen) atoms. The van der Waals surface area contributed by atoms with Gasteiger partial charge in [-0.25, -0.2) is 4.98 Å². The molecule has 4 aromatic rings. The van der Waals surface area contributed by atoms with Crippen LogP contribution in [0.3, 0.4) is 0 Å². The van der Waals surface area contributed by atoms with E-state index in [0.29, 0.717) is 22.9 Å². The van der Waals surface area contributed by atoms with Crippen molar-refractivity contribution in [3.63, 3.8) is 0 Å². The highest BCUT2D eigenvalue weighted by Crippen LogP contribution is 2.26. The molecule has 3 heterocycles. The van der Waals surface area contributed by atoms with Gasteiger partial charge in [-0.15, -0.1) is 0 Å². The van der Waals surface area contributed by atoms with E-state index in [1.54, 1.807) is 10.9 Å². The number of benzene rings is 1. The zero-order chi connectivity index (χ0) is 22.0. The minimum Gasteiger partial charge on any atom is -0.306 e. The normalized spacial score (nSPS) is 11.4. The van der Waals surface area contributed by atoms with Gasteiger partial charge < -0.3 is 5.32 Å². The number of hydrogen-bond acceptors (Lipinski definition) is 4. The number of pyridine rings is 2. The van der Waals surface area contributed by atoms with Crippen LogP contribution in [0.4, 0.5) is 5.82 Å². The number of amides is 1. The molecule has 4 rings (SSSR count). The predicted octanol–water partition coefficient (Wildman–Crippen LogP) is 5.19. The monoisotopic (exact) mass is 411 g/mol. The number of aryl methyl sites for hydroxylation is 1. The van der Waals surface area contributed by atoms with Crippen LogP contribution in [-0.2, 0) is 5.41 Å². The lowest BCUT2D eigenvalue weighted by Crippen LogP contribution is -2.17. The molecule has 0 spiro atoms. The number of hydrogen-bond donors (Lipinski definition) is 1. The molecular formula is C25H25N5O. The van der Waals surface area contributed by atoms with Gasteiger partial charge in [0, 0.05) is 23.2 Å². The molecule has 0 radical (unpaired) electrons. The number of carbonyl (C=O) groups excluding carboxylic acids is 1. The van der Waals surface area contributed by atoms with Crippen molar-refractivity contribution >= 4 is 11.7 Å². The first-order valence-electron chi connectivity index (χ1n) is 10.2. The van der Waals surface area contributed by atoms with Gasteiger partial charge in [0.1, 0.15) is 5.82 Å². The summed E-state index contributed by atoms with van der Waals surface area (Å²) in [6.07, 6.45) is 1.70.